The Bertz CT molecular complexity index is 783. The minimum absolute atomic E-state index is 0.507. The van der Waals surface area contributed by atoms with Gasteiger partial charge < -0.3 is 4.90 Å². The Morgan fingerprint density at radius 1 is 1.23 bits per heavy atom. The van der Waals surface area contributed by atoms with Gasteiger partial charge in [-0.15, -0.1) is 5.10 Å². The van der Waals surface area contributed by atoms with Crippen molar-refractivity contribution in [2.45, 2.75) is 45.7 Å². The van der Waals surface area contributed by atoms with E-state index >= 15 is 0 Å². The molecular formula is C20H26N6. The van der Waals surface area contributed by atoms with E-state index in [1.165, 1.54) is 0 Å². The Morgan fingerprint density at radius 2 is 2.08 bits per heavy atom. The SMILES string of the molecule is Cc1nnc(N2CCCC(N(C)Cc3ccccn3)CC2)c(C#N)c1C. The fourth-order valence-electron chi connectivity index (χ4n) is 3.56. The summed E-state index contributed by atoms with van der Waals surface area (Å²) < 4.78 is 0. The molecule has 0 spiro atoms. The summed E-state index contributed by atoms with van der Waals surface area (Å²) in [5.74, 6) is 0.739. The third-order valence-electron chi connectivity index (χ3n) is 5.31. The standard InChI is InChI=1S/C20H26N6/c1-15-16(2)23-24-20(19(15)13-21)26-11-6-8-18(9-12-26)25(3)14-17-7-4-5-10-22-17/h4-5,7,10,18H,6,8-9,11-12,14H2,1-3H3. The van der Waals surface area contributed by atoms with Crippen molar-refractivity contribution in [2.24, 2.45) is 0 Å². The molecule has 1 aliphatic heterocycles. The van der Waals surface area contributed by atoms with Crippen molar-refractivity contribution in [2.75, 3.05) is 25.0 Å². The molecule has 2 aromatic rings. The number of hydrogen-bond donors (Lipinski definition) is 0. The van der Waals surface area contributed by atoms with E-state index in [0.717, 1.165) is 61.7 Å². The largest absolute Gasteiger partial charge is 0.354 e. The molecule has 6 nitrogen and oxygen atoms in total. The summed E-state index contributed by atoms with van der Waals surface area (Å²) >= 11 is 0. The minimum Gasteiger partial charge on any atom is -0.354 e. The molecule has 1 fully saturated rings. The highest BCUT2D eigenvalue weighted by Crippen LogP contribution is 2.25. The third kappa shape index (κ3) is 4.00. The number of aromatic nitrogens is 3. The van der Waals surface area contributed by atoms with E-state index in [1.807, 2.05) is 32.2 Å². The maximum absolute atomic E-state index is 9.57. The highest BCUT2D eigenvalue weighted by Gasteiger charge is 2.24. The van der Waals surface area contributed by atoms with Crippen molar-refractivity contribution in [3.63, 3.8) is 0 Å². The van der Waals surface area contributed by atoms with Gasteiger partial charge in [0, 0.05) is 31.9 Å². The first-order valence-electron chi connectivity index (χ1n) is 9.19. The number of rotatable bonds is 4. The molecule has 0 aromatic carbocycles. The number of pyridine rings is 1. The van der Waals surface area contributed by atoms with Gasteiger partial charge in [-0.05, 0) is 57.9 Å². The molecule has 0 radical (unpaired) electrons. The van der Waals surface area contributed by atoms with Crippen molar-refractivity contribution < 1.29 is 0 Å². The van der Waals surface area contributed by atoms with Gasteiger partial charge in [0.05, 0.1) is 11.4 Å². The van der Waals surface area contributed by atoms with E-state index in [1.54, 1.807) is 0 Å². The number of anilines is 1. The van der Waals surface area contributed by atoms with Crippen LogP contribution < -0.4 is 4.90 Å². The fourth-order valence-corrected chi connectivity index (χ4v) is 3.56. The van der Waals surface area contributed by atoms with E-state index in [2.05, 4.69) is 44.2 Å². The van der Waals surface area contributed by atoms with Gasteiger partial charge in [-0.3, -0.25) is 9.88 Å². The van der Waals surface area contributed by atoms with Crippen LogP contribution in [0.15, 0.2) is 24.4 Å². The predicted octanol–water partition coefficient (Wildman–Crippen LogP) is 2.85. The summed E-state index contributed by atoms with van der Waals surface area (Å²) in [6.07, 6.45) is 5.11. The zero-order valence-corrected chi connectivity index (χ0v) is 15.8. The lowest BCUT2D eigenvalue weighted by atomic mass is 10.1. The summed E-state index contributed by atoms with van der Waals surface area (Å²) in [7, 11) is 2.17. The van der Waals surface area contributed by atoms with E-state index in [-0.39, 0.29) is 0 Å². The van der Waals surface area contributed by atoms with Gasteiger partial charge >= 0.3 is 0 Å². The first kappa shape index (κ1) is 18.3. The lowest BCUT2D eigenvalue weighted by molar-refractivity contribution is 0.215. The quantitative estimate of drug-likeness (QED) is 0.844. The Morgan fingerprint density at radius 3 is 2.81 bits per heavy atom. The molecule has 2 aromatic heterocycles. The van der Waals surface area contributed by atoms with Crippen LogP contribution >= 0.6 is 0 Å². The lowest BCUT2D eigenvalue weighted by Crippen LogP contribution is -2.33. The van der Waals surface area contributed by atoms with Crippen molar-refractivity contribution in [3.05, 3.63) is 46.9 Å². The van der Waals surface area contributed by atoms with Gasteiger partial charge in [0.2, 0.25) is 0 Å². The van der Waals surface area contributed by atoms with Gasteiger partial charge in [0.25, 0.3) is 0 Å². The number of nitrogens with zero attached hydrogens (tertiary/aromatic N) is 6. The predicted molar refractivity (Wildman–Crippen MR) is 102 cm³/mol. The highest BCUT2D eigenvalue weighted by molar-refractivity contribution is 5.57. The molecule has 1 saturated heterocycles. The Kier molecular flexibility index (Phi) is 5.79. The maximum atomic E-state index is 9.57. The summed E-state index contributed by atoms with van der Waals surface area (Å²) in [4.78, 5) is 9.05. The normalized spacial score (nSPS) is 17.8. The maximum Gasteiger partial charge on any atom is 0.169 e. The monoisotopic (exact) mass is 350 g/mol. The van der Waals surface area contributed by atoms with E-state index < -0.39 is 0 Å². The number of hydrogen-bond acceptors (Lipinski definition) is 6. The summed E-state index contributed by atoms with van der Waals surface area (Å²) in [6.45, 7) is 6.52. The van der Waals surface area contributed by atoms with Gasteiger partial charge in [-0.25, -0.2) is 0 Å². The van der Waals surface area contributed by atoms with Crippen LogP contribution in [0.5, 0.6) is 0 Å². The molecule has 3 heterocycles. The fraction of sp³-hybridized carbons (Fsp3) is 0.500. The molecule has 1 unspecified atom stereocenters. The molecule has 3 rings (SSSR count). The van der Waals surface area contributed by atoms with Crippen LogP contribution in [0.3, 0.4) is 0 Å². The zero-order valence-electron chi connectivity index (χ0n) is 15.8. The highest BCUT2D eigenvalue weighted by atomic mass is 15.3. The second-order valence-electron chi connectivity index (χ2n) is 7.03. The molecule has 0 amide bonds. The lowest BCUT2D eigenvalue weighted by Gasteiger charge is -2.27. The number of aryl methyl sites for hydroxylation is 1. The summed E-state index contributed by atoms with van der Waals surface area (Å²) in [5, 5.41) is 18.2. The van der Waals surface area contributed by atoms with Gasteiger partial charge in [0.15, 0.2) is 5.82 Å². The van der Waals surface area contributed by atoms with Crippen LogP contribution in [0.1, 0.15) is 41.8 Å². The van der Waals surface area contributed by atoms with Crippen LogP contribution in [0.25, 0.3) is 0 Å². The third-order valence-corrected chi connectivity index (χ3v) is 5.31. The van der Waals surface area contributed by atoms with Crippen molar-refractivity contribution in [1.29, 1.82) is 5.26 Å². The number of nitriles is 1. The molecule has 26 heavy (non-hydrogen) atoms. The molecule has 1 atom stereocenters. The minimum atomic E-state index is 0.507. The van der Waals surface area contributed by atoms with Crippen LogP contribution in [0.4, 0.5) is 5.82 Å². The van der Waals surface area contributed by atoms with Crippen molar-refractivity contribution in [1.82, 2.24) is 20.1 Å². The van der Waals surface area contributed by atoms with Crippen LogP contribution in [-0.4, -0.2) is 46.3 Å². The smallest absolute Gasteiger partial charge is 0.169 e. The van der Waals surface area contributed by atoms with Crippen LogP contribution in [-0.2, 0) is 6.54 Å². The van der Waals surface area contributed by atoms with Crippen molar-refractivity contribution >= 4 is 5.82 Å². The van der Waals surface area contributed by atoms with Gasteiger partial charge in [0.1, 0.15) is 11.6 Å². The second kappa shape index (κ2) is 8.24. The Hall–Kier alpha value is -2.52. The molecule has 6 heteroatoms. The molecule has 0 bridgehead atoms. The first-order valence-corrected chi connectivity index (χ1v) is 9.19. The van der Waals surface area contributed by atoms with Gasteiger partial charge in [-0.2, -0.15) is 10.4 Å². The summed E-state index contributed by atoms with van der Waals surface area (Å²) in [5.41, 5.74) is 3.53. The topological polar surface area (TPSA) is 68.9 Å². The first-order chi connectivity index (χ1) is 12.6. The molecule has 1 aliphatic rings. The van der Waals surface area contributed by atoms with E-state index in [0.29, 0.717) is 11.6 Å². The molecule has 0 saturated carbocycles. The van der Waals surface area contributed by atoms with Crippen LogP contribution in [0.2, 0.25) is 0 Å². The molecule has 136 valence electrons. The van der Waals surface area contributed by atoms with Crippen LogP contribution in [0, 0.1) is 25.2 Å². The Labute approximate surface area is 155 Å². The zero-order chi connectivity index (χ0) is 18.5. The average Bonchev–Trinajstić information content (AvgIpc) is 2.91. The van der Waals surface area contributed by atoms with E-state index in [4.69, 9.17) is 0 Å². The van der Waals surface area contributed by atoms with Gasteiger partial charge in [-0.1, -0.05) is 6.07 Å². The molecule has 0 N–H and O–H groups in total. The van der Waals surface area contributed by atoms with E-state index in [9.17, 15) is 5.26 Å². The Balaban J connectivity index is 1.69. The van der Waals surface area contributed by atoms with Crippen molar-refractivity contribution in [3.8, 4) is 6.07 Å². The summed E-state index contributed by atoms with van der Waals surface area (Å²) in [6, 6.07) is 8.89. The molecule has 0 aliphatic carbocycles. The second-order valence-corrected chi connectivity index (χ2v) is 7.03. The molecular weight excluding hydrogens is 324 g/mol. The average molecular weight is 350 g/mol.